The molecular weight excluding hydrogens is 507 g/mol. The van der Waals surface area contributed by atoms with Crippen molar-refractivity contribution >= 4 is 65.1 Å². The fourth-order valence-electron chi connectivity index (χ4n) is 2.48. The summed E-state index contributed by atoms with van der Waals surface area (Å²) in [7, 11) is 0. The molecule has 9 nitrogen and oxygen atoms in total. The summed E-state index contributed by atoms with van der Waals surface area (Å²) in [6, 6.07) is 3.71. The molecule has 1 aromatic carbocycles. The van der Waals surface area contributed by atoms with E-state index in [0.717, 1.165) is 27.8 Å². The number of rotatable bonds is 3. The first-order chi connectivity index (χ1) is 15.8. The Labute approximate surface area is 205 Å². The average molecular weight is 518 g/mol. The number of hydrogen-bond donors (Lipinski definition) is 0. The molecule has 0 spiro atoms. The molecule has 2 aliphatic rings. The van der Waals surface area contributed by atoms with Crippen LogP contribution in [0.4, 0.5) is 0 Å². The van der Waals surface area contributed by atoms with Crippen LogP contribution in [0, 0.1) is 29.2 Å². The van der Waals surface area contributed by atoms with Crippen LogP contribution in [0.15, 0.2) is 39.3 Å². The fourth-order valence-corrected chi connectivity index (χ4v) is 7.87. The van der Waals surface area contributed by atoms with E-state index in [1.54, 1.807) is 0 Å². The van der Waals surface area contributed by atoms with Crippen LogP contribution in [0.5, 0.6) is 11.5 Å². The number of thioether (sulfide) groups is 4. The molecule has 0 fully saturated rings. The van der Waals surface area contributed by atoms with Gasteiger partial charge in [0.15, 0.2) is 17.2 Å². The molecule has 0 radical (unpaired) electrons. The van der Waals surface area contributed by atoms with Crippen molar-refractivity contribution in [1.29, 1.82) is 10.5 Å². The molecule has 13 heteroatoms. The van der Waals surface area contributed by atoms with E-state index in [1.807, 2.05) is 19.1 Å². The highest BCUT2D eigenvalue weighted by Gasteiger charge is 2.39. The number of fused-ring (bicyclic) bond motifs is 2. The highest BCUT2D eigenvalue weighted by atomic mass is 32.2. The quantitative estimate of drug-likeness (QED) is 0.228. The number of nitriles is 2. The summed E-state index contributed by atoms with van der Waals surface area (Å²) in [5.41, 5.74) is 0.479. The zero-order valence-electron chi connectivity index (χ0n) is 17.1. The van der Waals surface area contributed by atoms with Crippen molar-refractivity contribution in [3.05, 3.63) is 31.2 Å². The van der Waals surface area contributed by atoms with E-state index in [1.165, 1.54) is 37.4 Å². The molecule has 1 aromatic rings. The molecule has 0 aromatic heterocycles. The van der Waals surface area contributed by atoms with E-state index in [4.69, 9.17) is 25.6 Å². The van der Waals surface area contributed by atoms with Gasteiger partial charge in [0, 0.05) is 13.8 Å². The van der Waals surface area contributed by atoms with Gasteiger partial charge in [0.1, 0.15) is 17.7 Å². The van der Waals surface area contributed by atoms with Crippen LogP contribution in [0.25, 0.3) is 4.85 Å². The number of allylic oxidation sites excluding steroid dienone is 2. The minimum absolute atomic E-state index is 0.0777. The Morgan fingerprint density at radius 3 is 1.52 bits per heavy atom. The SMILES string of the molecule is O=C=O.[C-]#[N+]C(CC)=C1Sc2c(OC(C)=O)c3c(c(OC(C)=O)c2S1)SC(=C(C#N)C#N)S3. The molecule has 0 aliphatic carbocycles. The normalized spacial score (nSPS) is 12.5. The van der Waals surface area contributed by atoms with E-state index in [2.05, 4.69) is 4.85 Å². The Hall–Kier alpha value is -3.11. The van der Waals surface area contributed by atoms with Crippen LogP contribution in [0.3, 0.4) is 0 Å². The summed E-state index contributed by atoms with van der Waals surface area (Å²) >= 11 is 4.80. The predicted octanol–water partition coefficient (Wildman–Crippen LogP) is 5.11. The van der Waals surface area contributed by atoms with E-state index >= 15 is 0 Å². The maximum absolute atomic E-state index is 11.8. The second-order valence-electron chi connectivity index (χ2n) is 5.74. The lowest BCUT2D eigenvalue weighted by atomic mass is 10.3. The van der Waals surface area contributed by atoms with Gasteiger partial charge in [0.05, 0.1) is 34.6 Å². The Morgan fingerprint density at radius 2 is 1.24 bits per heavy atom. The molecule has 0 atom stereocenters. The number of carbonyl (C=O) groups is 2. The van der Waals surface area contributed by atoms with Crippen LogP contribution in [0.2, 0.25) is 0 Å². The first-order valence-electron chi connectivity index (χ1n) is 8.72. The van der Waals surface area contributed by atoms with E-state index < -0.39 is 11.9 Å². The summed E-state index contributed by atoms with van der Waals surface area (Å²) in [6.45, 7) is 11.8. The molecule has 0 N–H and O–H groups in total. The third-order valence-electron chi connectivity index (χ3n) is 3.64. The molecule has 3 rings (SSSR count). The lowest BCUT2D eigenvalue weighted by Crippen LogP contribution is -2.07. The van der Waals surface area contributed by atoms with Crippen LogP contribution in [0.1, 0.15) is 27.2 Å². The minimum Gasteiger partial charge on any atom is -0.424 e. The van der Waals surface area contributed by atoms with Gasteiger partial charge in [0.25, 0.3) is 0 Å². The lowest BCUT2D eigenvalue weighted by Gasteiger charge is -2.15. The Kier molecular flexibility index (Phi) is 9.24. The van der Waals surface area contributed by atoms with Crippen LogP contribution >= 0.6 is 47.0 Å². The molecule has 2 heterocycles. The molecule has 166 valence electrons. The molecule has 0 unspecified atom stereocenters. The van der Waals surface area contributed by atoms with Gasteiger partial charge in [-0.3, -0.25) is 9.59 Å². The standard InChI is InChI=1S/C19H11N3O4S4.CO2/c1-5-11(22-4)19-29-16-12(25-8(2)23)14-15(13(17(16)30-19)26-9(3)24)28-18(27-14)10(6-20)7-21;2-1-3/h5H2,1-3H3;. The number of hydrogen-bond acceptors (Lipinski definition) is 12. The highest BCUT2D eigenvalue weighted by molar-refractivity contribution is 8.25. The van der Waals surface area contributed by atoms with Crippen molar-refractivity contribution in [3.63, 3.8) is 0 Å². The summed E-state index contributed by atoms with van der Waals surface area (Å²) in [6.07, 6.45) is 0.780. The summed E-state index contributed by atoms with van der Waals surface area (Å²) in [4.78, 5) is 45.6. The minimum atomic E-state index is -0.535. The first-order valence-corrected chi connectivity index (χ1v) is 12.0. The predicted molar refractivity (Wildman–Crippen MR) is 120 cm³/mol. The number of nitrogens with zero attached hydrogens (tertiary/aromatic N) is 3. The number of ether oxygens (including phenoxy) is 2. The van der Waals surface area contributed by atoms with Crippen molar-refractivity contribution in [1.82, 2.24) is 0 Å². The third-order valence-corrected chi connectivity index (χ3v) is 8.90. The van der Waals surface area contributed by atoms with Gasteiger partial charge in [-0.1, -0.05) is 54.0 Å². The van der Waals surface area contributed by atoms with Crippen molar-refractivity contribution < 1.29 is 28.7 Å². The van der Waals surface area contributed by atoms with Crippen molar-refractivity contribution in [3.8, 4) is 23.6 Å². The van der Waals surface area contributed by atoms with Gasteiger partial charge in [-0.05, 0) is 6.42 Å². The molecular formula is C20H11N3O6S4. The molecule has 0 saturated carbocycles. The van der Waals surface area contributed by atoms with Crippen molar-refractivity contribution in [2.24, 2.45) is 0 Å². The Balaban J connectivity index is 0.00000122. The monoisotopic (exact) mass is 517 g/mol. The van der Waals surface area contributed by atoms with Crippen molar-refractivity contribution in [2.45, 2.75) is 46.8 Å². The zero-order chi connectivity index (χ0) is 24.7. The van der Waals surface area contributed by atoms with Gasteiger partial charge in [-0.15, -0.1) is 0 Å². The zero-order valence-corrected chi connectivity index (χ0v) is 20.4. The third kappa shape index (κ3) is 5.63. The Morgan fingerprint density at radius 1 is 0.879 bits per heavy atom. The molecule has 0 amide bonds. The largest absolute Gasteiger partial charge is 0.424 e. The molecule has 2 aliphatic heterocycles. The summed E-state index contributed by atoms with van der Waals surface area (Å²) in [5, 5.41) is 18.5. The maximum Gasteiger partial charge on any atom is 0.373 e. The van der Waals surface area contributed by atoms with Gasteiger partial charge < -0.3 is 9.47 Å². The smallest absolute Gasteiger partial charge is 0.373 e. The van der Waals surface area contributed by atoms with E-state index in [9.17, 15) is 20.1 Å². The molecule has 33 heavy (non-hydrogen) atoms. The topological polar surface area (TPSA) is 139 Å². The van der Waals surface area contributed by atoms with Gasteiger partial charge in [0.2, 0.25) is 0 Å². The van der Waals surface area contributed by atoms with Crippen LogP contribution < -0.4 is 9.47 Å². The van der Waals surface area contributed by atoms with Gasteiger partial charge >= 0.3 is 18.1 Å². The van der Waals surface area contributed by atoms with E-state index in [-0.39, 0.29) is 23.2 Å². The summed E-state index contributed by atoms with van der Waals surface area (Å²) < 4.78 is 12.2. The maximum atomic E-state index is 11.8. The van der Waals surface area contributed by atoms with Gasteiger partial charge in [-0.25, -0.2) is 4.85 Å². The fraction of sp³-hybridized carbons (Fsp3) is 0.200. The van der Waals surface area contributed by atoms with E-state index in [0.29, 0.717) is 35.9 Å². The Bertz CT molecular complexity index is 1200. The van der Waals surface area contributed by atoms with Gasteiger partial charge in [-0.2, -0.15) is 20.1 Å². The molecule has 0 saturated heterocycles. The highest BCUT2D eigenvalue weighted by Crippen LogP contribution is 2.68. The first kappa shape index (κ1) is 26.1. The van der Waals surface area contributed by atoms with Crippen molar-refractivity contribution in [2.75, 3.05) is 0 Å². The molecule has 0 bridgehead atoms. The second kappa shape index (κ2) is 11.7. The van der Waals surface area contributed by atoms with Crippen LogP contribution in [-0.4, -0.2) is 18.1 Å². The van der Waals surface area contributed by atoms with Crippen LogP contribution in [-0.2, 0) is 19.2 Å². The number of esters is 2. The summed E-state index contributed by atoms with van der Waals surface area (Å²) in [5.74, 6) is -0.516. The second-order valence-corrected chi connectivity index (χ2v) is 10.3. The average Bonchev–Trinajstić information content (AvgIpc) is 3.38. The lowest BCUT2D eigenvalue weighted by molar-refractivity contribution is -0.191. The number of benzene rings is 1. The number of carbonyl (C=O) groups excluding carboxylic acids is 4.